The van der Waals surface area contributed by atoms with Crippen molar-refractivity contribution in [2.45, 2.75) is 18.9 Å². The van der Waals surface area contributed by atoms with Crippen molar-refractivity contribution in [3.63, 3.8) is 0 Å². The predicted molar refractivity (Wildman–Crippen MR) is 88.4 cm³/mol. The average Bonchev–Trinajstić information content (AvgIpc) is 2.50. The van der Waals surface area contributed by atoms with Gasteiger partial charge < -0.3 is 4.74 Å². The van der Waals surface area contributed by atoms with Crippen molar-refractivity contribution in [1.29, 1.82) is 0 Å². The molecular weight excluding hydrogens is 339 g/mol. The number of aromatic nitrogens is 1. The minimum atomic E-state index is -0.145. The summed E-state index contributed by atoms with van der Waals surface area (Å²) >= 11 is 11.9. The van der Waals surface area contributed by atoms with Crippen LogP contribution in [0.5, 0.6) is 0 Å². The molecule has 0 aliphatic carbocycles. The fourth-order valence-electron chi connectivity index (χ4n) is 3.13. The lowest BCUT2D eigenvalue weighted by atomic mass is 9.85. The number of hydroxylamine groups is 3. The van der Waals surface area contributed by atoms with E-state index in [1.165, 1.54) is 6.20 Å². The van der Waals surface area contributed by atoms with Gasteiger partial charge in [-0.3, -0.25) is 5.32 Å². The van der Waals surface area contributed by atoms with Crippen molar-refractivity contribution < 1.29 is 14.6 Å². The number of quaternary nitrogens is 1. The van der Waals surface area contributed by atoms with E-state index in [1.807, 2.05) is 0 Å². The largest absolute Gasteiger partial charge is 0.455 e. The first-order chi connectivity index (χ1) is 11.0. The van der Waals surface area contributed by atoms with Crippen molar-refractivity contribution in [2.75, 3.05) is 25.0 Å². The Labute approximate surface area is 144 Å². The van der Waals surface area contributed by atoms with Gasteiger partial charge in [0, 0.05) is 31.0 Å². The number of halogens is 2. The normalized spacial score (nSPS) is 29.9. The van der Waals surface area contributed by atoms with Crippen LogP contribution in [-0.4, -0.2) is 46.6 Å². The van der Waals surface area contributed by atoms with Crippen molar-refractivity contribution in [1.82, 2.24) is 4.98 Å². The molecule has 4 rings (SSSR count). The number of piperidine rings is 3. The minimum absolute atomic E-state index is 0.0461. The Balaban J connectivity index is 1.73. The van der Waals surface area contributed by atoms with Crippen molar-refractivity contribution in [3.8, 4) is 12.5 Å². The molecule has 3 fully saturated rings. The number of nitrogens with one attached hydrogen (secondary N) is 1. The lowest BCUT2D eigenvalue weighted by Gasteiger charge is -2.46. The molecule has 6 nitrogen and oxygen atoms in total. The number of rotatable bonds is 2. The topological polar surface area (TPSA) is 66.7 Å². The number of hydrogen-bond acceptors (Lipinski definition) is 4. The second-order valence-electron chi connectivity index (χ2n) is 5.87. The maximum atomic E-state index is 10.4. The number of hydrogen-bond donors (Lipinski definition) is 2. The molecule has 1 aromatic heterocycles. The zero-order valence-electron chi connectivity index (χ0n) is 12.4. The van der Waals surface area contributed by atoms with Crippen molar-refractivity contribution >= 4 is 35.0 Å². The Kier molecular flexibility index (Phi) is 4.64. The van der Waals surface area contributed by atoms with Gasteiger partial charge in [0.1, 0.15) is 19.6 Å². The summed E-state index contributed by atoms with van der Waals surface area (Å²) in [6.07, 6.45) is 8.43. The van der Waals surface area contributed by atoms with E-state index in [2.05, 4.69) is 21.3 Å². The number of aliphatic imine (C=N–C) groups is 1. The van der Waals surface area contributed by atoms with E-state index in [0.717, 1.165) is 25.9 Å². The number of ether oxygens (including phenoxy) is 1. The summed E-state index contributed by atoms with van der Waals surface area (Å²) in [5.74, 6) is 0.750. The first-order valence-electron chi connectivity index (χ1n) is 7.36. The molecule has 1 unspecified atom stereocenters. The highest BCUT2D eigenvalue weighted by atomic mass is 35.5. The monoisotopic (exact) mass is 355 g/mol. The Morgan fingerprint density at radius 2 is 2.22 bits per heavy atom. The van der Waals surface area contributed by atoms with E-state index in [1.54, 1.807) is 6.07 Å². The number of fused-ring (bicyclic) bond motifs is 3. The van der Waals surface area contributed by atoms with Crippen LogP contribution in [0.2, 0.25) is 10.0 Å². The number of nitrogens with zero attached hydrogens (tertiary/aromatic N) is 3. The molecule has 2 N–H and O–H groups in total. The standard InChI is InChI=1S/C15H17Cl2N4O2/c1-2-18-15(20-14-12(17)7-11(16)8-19-14)23-13-9-21(22)5-3-10(13)4-6-21/h1,7-8,10,13,22H,3-6,9H2,(H,18,19,20)/q+1. The molecule has 8 heteroatoms. The second kappa shape index (κ2) is 6.54. The van der Waals surface area contributed by atoms with Crippen LogP contribution in [0.25, 0.3) is 0 Å². The summed E-state index contributed by atoms with van der Waals surface area (Å²) in [7, 11) is 0. The molecular formula is C15H17Cl2N4O2+. The first kappa shape index (κ1) is 16.3. The van der Waals surface area contributed by atoms with E-state index in [4.69, 9.17) is 34.4 Å². The number of pyridine rings is 1. The summed E-state index contributed by atoms with van der Waals surface area (Å²) in [6, 6.07) is 3.91. The van der Waals surface area contributed by atoms with Crippen LogP contribution >= 0.6 is 23.2 Å². The maximum absolute atomic E-state index is 10.4. The molecule has 0 radical (unpaired) electrons. The molecule has 1 aromatic rings. The molecule has 4 heterocycles. The highest BCUT2D eigenvalue weighted by Crippen LogP contribution is 2.34. The highest BCUT2D eigenvalue weighted by Gasteiger charge is 2.47. The van der Waals surface area contributed by atoms with E-state index in [9.17, 15) is 5.21 Å². The number of amidine groups is 1. The van der Waals surface area contributed by atoms with Crippen LogP contribution in [0.4, 0.5) is 5.82 Å². The second-order valence-corrected chi connectivity index (χ2v) is 6.72. The molecule has 1 atom stereocenters. The van der Waals surface area contributed by atoms with Gasteiger partial charge in [0.05, 0.1) is 10.0 Å². The van der Waals surface area contributed by atoms with E-state index in [-0.39, 0.29) is 16.8 Å². The Hall–Kier alpha value is -1.52. The van der Waals surface area contributed by atoms with Crippen LogP contribution in [0.3, 0.4) is 0 Å². The van der Waals surface area contributed by atoms with Gasteiger partial charge in [0.25, 0.3) is 0 Å². The van der Waals surface area contributed by atoms with Crippen LogP contribution in [-0.2, 0) is 4.74 Å². The molecule has 0 spiro atoms. The summed E-state index contributed by atoms with van der Waals surface area (Å²) in [6.45, 7) is 2.06. The number of terminal acetylenes is 1. The first-order valence-corrected chi connectivity index (χ1v) is 8.11. The third-order valence-electron chi connectivity index (χ3n) is 4.34. The van der Waals surface area contributed by atoms with Gasteiger partial charge in [-0.15, -0.1) is 4.99 Å². The molecule has 2 bridgehead atoms. The molecule has 3 saturated heterocycles. The predicted octanol–water partition coefficient (Wildman–Crippen LogP) is 2.76. The quantitative estimate of drug-likeness (QED) is 0.370. The smallest absolute Gasteiger partial charge is 0.304 e. The molecule has 3 aliphatic heterocycles. The van der Waals surface area contributed by atoms with E-state index >= 15 is 0 Å². The van der Waals surface area contributed by atoms with Crippen LogP contribution in [0.15, 0.2) is 17.3 Å². The summed E-state index contributed by atoms with van der Waals surface area (Å²) in [4.78, 5) is 7.97. The van der Waals surface area contributed by atoms with E-state index in [0.29, 0.717) is 28.3 Å². The third-order valence-corrected chi connectivity index (χ3v) is 4.83. The Bertz CT molecular complexity index is 666. The summed E-state index contributed by atoms with van der Waals surface area (Å²) in [5, 5.41) is 14.1. The van der Waals surface area contributed by atoms with Crippen molar-refractivity contribution in [3.05, 3.63) is 22.3 Å². The molecule has 3 aliphatic rings. The molecule has 0 saturated carbocycles. The minimum Gasteiger partial charge on any atom is -0.455 e. The van der Waals surface area contributed by atoms with Gasteiger partial charge in [-0.1, -0.05) is 29.6 Å². The fraction of sp³-hybridized carbons (Fsp3) is 0.467. The lowest BCUT2D eigenvalue weighted by Crippen LogP contribution is -2.62. The van der Waals surface area contributed by atoms with Crippen LogP contribution in [0, 0.1) is 18.4 Å². The fourth-order valence-corrected chi connectivity index (χ4v) is 3.56. The zero-order valence-corrected chi connectivity index (χ0v) is 13.9. The zero-order chi connectivity index (χ0) is 16.4. The third kappa shape index (κ3) is 3.70. The van der Waals surface area contributed by atoms with Gasteiger partial charge in [-0.25, -0.2) is 10.2 Å². The Morgan fingerprint density at radius 1 is 1.48 bits per heavy atom. The van der Waals surface area contributed by atoms with Gasteiger partial charge >= 0.3 is 6.02 Å². The molecule has 23 heavy (non-hydrogen) atoms. The average molecular weight is 356 g/mol. The lowest BCUT2D eigenvalue weighted by molar-refractivity contribution is -1.11. The highest BCUT2D eigenvalue weighted by molar-refractivity contribution is 6.36. The SMILES string of the molecule is C#CN=C(Nc1ncc(Cl)cc1Cl)OC1C[N+]2(O)CCC1CC2. The number of anilines is 1. The van der Waals surface area contributed by atoms with Crippen LogP contribution in [0.1, 0.15) is 12.8 Å². The van der Waals surface area contributed by atoms with Gasteiger partial charge in [0.15, 0.2) is 11.9 Å². The summed E-state index contributed by atoms with van der Waals surface area (Å²) in [5.41, 5.74) is 0. The molecule has 0 amide bonds. The van der Waals surface area contributed by atoms with Gasteiger partial charge in [0.2, 0.25) is 0 Å². The molecule has 122 valence electrons. The maximum Gasteiger partial charge on any atom is 0.304 e. The summed E-state index contributed by atoms with van der Waals surface area (Å²) < 4.78 is 5.96. The van der Waals surface area contributed by atoms with Gasteiger partial charge in [-0.2, -0.15) is 4.65 Å². The van der Waals surface area contributed by atoms with Crippen molar-refractivity contribution in [2.24, 2.45) is 10.9 Å². The van der Waals surface area contributed by atoms with Gasteiger partial charge in [-0.05, 0) is 6.07 Å². The Morgan fingerprint density at radius 3 is 2.83 bits per heavy atom. The molecule has 0 aromatic carbocycles. The van der Waals surface area contributed by atoms with Crippen LogP contribution < -0.4 is 5.32 Å². The van der Waals surface area contributed by atoms with E-state index < -0.39 is 0 Å².